The predicted octanol–water partition coefficient (Wildman–Crippen LogP) is 3.66. The Morgan fingerprint density at radius 3 is 0.763 bits per heavy atom. The highest BCUT2D eigenvalue weighted by molar-refractivity contribution is 6.53. The minimum absolute atomic E-state index is 0. The van der Waals surface area contributed by atoms with E-state index in [-0.39, 0.29) is 59.8 Å². The van der Waals surface area contributed by atoms with Crippen LogP contribution < -0.4 is 20.9 Å². The first-order valence-electron chi connectivity index (χ1n) is 18.9. The molecule has 2 atom stereocenters. The van der Waals surface area contributed by atoms with E-state index < -0.39 is 124 Å². The number of halogens is 10. The van der Waals surface area contributed by atoms with Crippen molar-refractivity contribution in [1.82, 2.24) is 19.9 Å². The number of aliphatic imine (C=N–C) groups is 2. The van der Waals surface area contributed by atoms with Gasteiger partial charge >= 0.3 is 0 Å². The number of nitriles is 14. The van der Waals surface area contributed by atoms with Gasteiger partial charge in [-0.2, -0.15) is 73.7 Å². The zero-order valence-corrected chi connectivity index (χ0v) is 35.9. The zero-order valence-electron chi connectivity index (χ0n) is 35.9. The van der Waals surface area contributed by atoms with Crippen molar-refractivity contribution in [3.05, 3.63) is 113 Å². The second kappa shape index (κ2) is 21.8. The summed E-state index contributed by atoms with van der Waals surface area (Å²) in [5, 5.41) is 115. The number of rotatable bonds is 0. The van der Waals surface area contributed by atoms with Gasteiger partial charge in [0.2, 0.25) is 0 Å². The molecule has 30 heteroatoms. The Kier molecular flexibility index (Phi) is 15.5. The molecule has 3 aromatic carbocycles. The zero-order chi connectivity index (χ0) is 56.6. The maximum atomic E-state index is 14.4. The summed E-state index contributed by atoms with van der Waals surface area (Å²) in [6.07, 6.45) is 0. The molecule has 5 aromatic rings. The van der Waals surface area contributed by atoms with Crippen LogP contribution in [0.1, 0.15) is 49.1 Å². The largest absolute Gasteiger partial charge is 0.259 e. The highest BCUT2D eigenvalue weighted by Crippen LogP contribution is 2.47. The van der Waals surface area contributed by atoms with E-state index in [1.807, 2.05) is 0 Å². The van der Waals surface area contributed by atoms with E-state index in [0.717, 1.165) is 48.6 Å². The van der Waals surface area contributed by atoms with Gasteiger partial charge < -0.3 is 0 Å². The summed E-state index contributed by atoms with van der Waals surface area (Å²) in [5.74, 6) is -21.1. The van der Waals surface area contributed by atoms with Crippen LogP contribution in [0.5, 0.6) is 0 Å². The number of hydrogen-bond donors (Lipinski definition) is 0. The molecular weight excluding hydrogens is 1020 g/mol. The number of benzene rings is 3. The maximum Gasteiger partial charge on any atom is 0.177 e. The summed E-state index contributed by atoms with van der Waals surface area (Å²) in [6.45, 7) is 0. The van der Waals surface area contributed by atoms with Crippen molar-refractivity contribution in [2.45, 2.75) is 12.1 Å². The average Bonchev–Trinajstić information content (AvgIpc) is 3.44. The molecule has 1 aliphatic heterocycles. The highest BCUT2D eigenvalue weighted by Gasteiger charge is 2.43. The fraction of sp³-hybridized carbons (Fsp3) is 0.0435. The van der Waals surface area contributed by atoms with Gasteiger partial charge in [0.05, 0.1) is 43.0 Å². The second-order valence-electron chi connectivity index (χ2n) is 13.6. The van der Waals surface area contributed by atoms with Crippen LogP contribution in [0.15, 0.2) is 9.98 Å². The van der Waals surface area contributed by atoms with Gasteiger partial charge in [0.25, 0.3) is 0 Å². The third-order valence-corrected chi connectivity index (χ3v) is 9.87. The van der Waals surface area contributed by atoms with Gasteiger partial charge in [-0.05, 0) is 0 Å². The van der Waals surface area contributed by atoms with Crippen molar-refractivity contribution in [1.29, 1.82) is 73.7 Å². The SMILES string of the molecule is N#CC(C#N)=c1c(F)c(F)c(=C(C#N)C#N)c(F)c1F.N#CC(C#N)=c1c(F)c(F)c2c(F)c(=C(C#N)C#N)c(F)c(F)c2c1F.N#CC1=NC2c3nc(C#N)c(C#N)nc3-c3nc(C#N)c(C#N)nc3C2N=C1C#N.[2HH].[HH]. The molecule has 2 aliphatic rings. The second-order valence-corrected chi connectivity index (χ2v) is 13.6. The fourth-order valence-electron chi connectivity index (χ4n) is 6.67. The molecule has 7 rings (SSSR count). The molecule has 2 aromatic heterocycles. The number of aromatic nitrogens is 4. The Balaban J connectivity index is 0.000000310. The van der Waals surface area contributed by atoms with Gasteiger partial charge in [-0.3, -0.25) is 9.98 Å². The minimum Gasteiger partial charge on any atom is -0.259 e. The van der Waals surface area contributed by atoms with E-state index in [0.29, 0.717) is 0 Å². The number of fused-ring (bicyclic) bond motifs is 7. The lowest BCUT2D eigenvalue weighted by Gasteiger charge is -2.30. The van der Waals surface area contributed by atoms with E-state index in [2.05, 4.69) is 29.9 Å². The number of hydrogen-bond acceptors (Lipinski definition) is 20. The molecule has 0 N–H and O–H groups in total. The van der Waals surface area contributed by atoms with E-state index in [1.54, 1.807) is 36.4 Å². The van der Waals surface area contributed by atoms with Crippen LogP contribution >= 0.6 is 0 Å². The van der Waals surface area contributed by atoms with Crippen LogP contribution in [0.3, 0.4) is 0 Å². The van der Waals surface area contributed by atoms with Crippen molar-refractivity contribution in [3.8, 4) is 96.4 Å². The van der Waals surface area contributed by atoms with E-state index in [4.69, 9.17) is 42.1 Å². The molecule has 0 saturated heterocycles. The fourth-order valence-corrected chi connectivity index (χ4v) is 6.67. The Labute approximate surface area is 415 Å². The summed E-state index contributed by atoms with van der Waals surface area (Å²) in [5.41, 5.74) is -6.23. The van der Waals surface area contributed by atoms with Gasteiger partial charge in [0.1, 0.15) is 142 Å². The van der Waals surface area contributed by atoms with Crippen LogP contribution in [0.4, 0.5) is 43.9 Å². The lowest BCUT2D eigenvalue weighted by Crippen LogP contribution is -2.31. The predicted molar refractivity (Wildman–Crippen MR) is 225 cm³/mol. The van der Waals surface area contributed by atoms with Gasteiger partial charge in [0.15, 0.2) is 80.7 Å². The molecule has 76 heavy (non-hydrogen) atoms. The van der Waals surface area contributed by atoms with Crippen LogP contribution in [0.2, 0.25) is 0 Å². The Morgan fingerprint density at radius 1 is 0.316 bits per heavy atom. The monoisotopic (exact) mass is 1030 g/mol. The van der Waals surface area contributed by atoms with Crippen LogP contribution in [0.25, 0.3) is 44.5 Å². The molecule has 0 amide bonds. The van der Waals surface area contributed by atoms with Crippen LogP contribution in [-0.4, -0.2) is 31.4 Å². The maximum absolute atomic E-state index is 14.4. The van der Waals surface area contributed by atoms with E-state index in [9.17, 15) is 75.5 Å². The molecule has 0 saturated carbocycles. The average molecular weight is 1030 g/mol. The minimum atomic E-state index is -2.23. The first kappa shape index (κ1) is 54.0. The van der Waals surface area contributed by atoms with Crippen molar-refractivity contribution in [2.75, 3.05) is 0 Å². The summed E-state index contributed by atoms with van der Waals surface area (Å²) in [4.78, 5) is 25.1. The topological polar surface area (TPSA) is 409 Å². The molecule has 0 bridgehead atoms. The molecular formula is C46H6F10N20. The van der Waals surface area contributed by atoms with E-state index in [1.165, 1.54) is 0 Å². The van der Waals surface area contributed by atoms with E-state index >= 15 is 0 Å². The summed E-state index contributed by atoms with van der Waals surface area (Å²) in [6, 6.07) is 17.2. The molecule has 1 aliphatic carbocycles. The third kappa shape index (κ3) is 8.71. The van der Waals surface area contributed by atoms with Crippen molar-refractivity contribution in [3.63, 3.8) is 0 Å². The smallest absolute Gasteiger partial charge is 0.177 e. The molecule has 0 fully saturated rings. The van der Waals surface area contributed by atoms with Crippen molar-refractivity contribution < 1.29 is 46.8 Å². The molecule has 0 spiro atoms. The van der Waals surface area contributed by atoms with Crippen LogP contribution in [0, 0.1) is 217 Å². The Bertz CT molecular complexity index is 4190. The molecule has 0 radical (unpaired) electrons. The molecule has 20 nitrogen and oxygen atoms in total. The normalized spacial score (nSPS) is 12.6. The summed E-state index contributed by atoms with van der Waals surface area (Å²) < 4.78 is 140. The molecule has 3 heterocycles. The first-order chi connectivity index (χ1) is 36.3. The Hall–Kier alpha value is -12.9. The summed E-state index contributed by atoms with van der Waals surface area (Å²) >= 11 is 0. The van der Waals surface area contributed by atoms with Crippen molar-refractivity contribution in [2.24, 2.45) is 9.98 Å². The Morgan fingerprint density at radius 2 is 0.539 bits per heavy atom. The highest BCUT2D eigenvalue weighted by atomic mass is 19.2. The number of nitrogens with zero attached hydrogens (tertiary/aromatic N) is 20. The van der Waals surface area contributed by atoms with Gasteiger partial charge in [-0.25, -0.2) is 63.8 Å². The van der Waals surface area contributed by atoms with Gasteiger partial charge in [-0.1, -0.05) is 0 Å². The van der Waals surface area contributed by atoms with Crippen molar-refractivity contribution >= 4 is 44.5 Å². The lowest BCUT2D eigenvalue weighted by molar-refractivity contribution is 0.434. The van der Waals surface area contributed by atoms with Gasteiger partial charge in [0, 0.05) is 2.85 Å². The first-order valence-corrected chi connectivity index (χ1v) is 18.9. The van der Waals surface area contributed by atoms with Crippen LogP contribution in [-0.2, 0) is 0 Å². The quantitative estimate of drug-likeness (QED) is 0.158. The lowest BCUT2D eigenvalue weighted by atomic mass is 9.88. The molecule has 2 unspecified atom stereocenters. The molecule has 360 valence electrons. The summed E-state index contributed by atoms with van der Waals surface area (Å²) in [7, 11) is 0. The standard InChI is InChI=1S/C18H2N12.C16F6N4.C12F4N4.2H2/c19-1-7-8(2-20)26-14-13(25-7)15-17(29-10(4-22)9(3-21)27-15)18-16(14)28-11(5-23)12(6-24)30-18;17-11-7(5(1-23)2-24)13(19)15(21)10-9(11)16(22)14(20)8(12(10)18)6(3-25)4-26;13-9-7(5(1-17)2-18)10(14)12(16)8(11(9)15)6(3-19)4-20;;/h13-14H;;;2*1H/i;;;1+1;. The third-order valence-electron chi connectivity index (χ3n) is 9.87. The van der Waals surface area contributed by atoms with Gasteiger partial charge in [-0.15, -0.1) is 0 Å².